The first-order chi connectivity index (χ1) is 9.13. The number of aliphatic hydroxyl groups excluding tert-OH is 1. The Morgan fingerprint density at radius 3 is 2.40 bits per heavy atom. The van der Waals surface area contributed by atoms with Crippen LogP contribution in [0.5, 0.6) is 0 Å². The van der Waals surface area contributed by atoms with Crippen LogP contribution >= 0.6 is 24.0 Å². The number of hydrogen-bond donors (Lipinski definition) is 3. The fraction of sp³-hybridized carbons (Fsp3) is 0.929. The maximum absolute atomic E-state index is 10.5. The molecule has 3 N–H and O–H groups in total. The van der Waals surface area contributed by atoms with Gasteiger partial charge in [-0.05, 0) is 25.7 Å². The summed E-state index contributed by atoms with van der Waals surface area (Å²) in [5.41, 5.74) is -0.566. The normalized spacial score (nSPS) is 24.1. The highest BCUT2D eigenvalue weighted by molar-refractivity contribution is 14.0. The van der Waals surface area contributed by atoms with Crippen LogP contribution in [-0.4, -0.2) is 59.5 Å². The molecule has 2 fully saturated rings. The second-order valence-corrected chi connectivity index (χ2v) is 5.90. The first-order valence-electron chi connectivity index (χ1n) is 7.49. The van der Waals surface area contributed by atoms with Gasteiger partial charge in [-0.15, -0.1) is 24.0 Å². The maximum atomic E-state index is 10.5. The Morgan fingerprint density at radius 2 is 1.85 bits per heavy atom. The molecule has 5 nitrogen and oxygen atoms in total. The third kappa shape index (κ3) is 5.04. The molecule has 20 heavy (non-hydrogen) atoms. The van der Waals surface area contributed by atoms with E-state index >= 15 is 0 Å². The average molecular weight is 397 g/mol. The van der Waals surface area contributed by atoms with Crippen molar-refractivity contribution in [1.29, 1.82) is 0 Å². The summed E-state index contributed by atoms with van der Waals surface area (Å²) in [6, 6.07) is 0. The SMILES string of the molecule is CN=C(NCC1(O)CCCCC1)N1CCC(O)CC1.I. The summed E-state index contributed by atoms with van der Waals surface area (Å²) in [4.78, 5) is 6.46. The number of halogens is 1. The van der Waals surface area contributed by atoms with Crippen LogP contribution in [0.4, 0.5) is 0 Å². The minimum Gasteiger partial charge on any atom is -0.393 e. The van der Waals surface area contributed by atoms with E-state index in [9.17, 15) is 10.2 Å². The number of guanidine groups is 1. The van der Waals surface area contributed by atoms with Gasteiger partial charge in [-0.3, -0.25) is 4.99 Å². The molecule has 1 saturated heterocycles. The zero-order chi connectivity index (χ0) is 13.7. The van der Waals surface area contributed by atoms with Crippen molar-refractivity contribution in [1.82, 2.24) is 10.2 Å². The fourth-order valence-electron chi connectivity index (χ4n) is 3.04. The molecule has 1 heterocycles. The maximum Gasteiger partial charge on any atom is 0.193 e. The van der Waals surface area contributed by atoms with Crippen molar-refractivity contribution < 1.29 is 10.2 Å². The van der Waals surface area contributed by atoms with Gasteiger partial charge in [-0.1, -0.05) is 19.3 Å². The van der Waals surface area contributed by atoms with Gasteiger partial charge >= 0.3 is 0 Å². The van der Waals surface area contributed by atoms with E-state index in [1.54, 1.807) is 7.05 Å². The Labute approximate surface area is 138 Å². The lowest BCUT2D eigenvalue weighted by atomic mass is 9.85. The number of aliphatic imine (C=N–C) groups is 1. The van der Waals surface area contributed by atoms with E-state index < -0.39 is 5.60 Å². The summed E-state index contributed by atoms with van der Waals surface area (Å²) in [5.74, 6) is 0.853. The van der Waals surface area contributed by atoms with Crippen LogP contribution in [0, 0.1) is 0 Å². The van der Waals surface area contributed by atoms with Crippen LogP contribution < -0.4 is 5.32 Å². The molecule has 0 atom stereocenters. The summed E-state index contributed by atoms with van der Waals surface area (Å²) < 4.78 is 0. The monoisotopic (exact) mass is 397 g/mol. The number of nitrogens with one attached hydrogen (secondary N) is 1. The molecule has 0 unspecified atom stereocenters. The second kappa shape index (κ2) is 8.38. The summed E-state index contributed by atoms with van der Waals surface area (Å²) in [6.07, 6.45) is 6.67. The average Bonchev–Trinajstić information content (AvgIpc) is 2.42. The number of nitrogens with zero attached hydrogens (tertiary/aromatic N) is 2. The predicted molar refractivity (Wildman–Crippen MR) is 91.6 cm³/mol. The summed E-state index contributed by atoms with van der Waals surface area (Å²) in [6.45, 7) is 2.25. The van der Waals surface area contributed by atoms with Gasteiger partial charge in [0.2, 0.25) is 0 Å². The van der Waals surface area contributed by atoms with Crippen molar-refractivity contribution in [2.24, 2.45) is 4.99 Å². The van der Waals surface area contributed by atoms with Crippen LogP contribution in [0.1, 0.15) is 44.9 Å². The van der Waals surface area contributed by atoms with Gasteiger partial charge in [0, 0.05) is 26.7 Å². The number of hydrogen-bond acceptors (Lipinski definition) is 3. The number of piperidine rings is 1. The Hall–Kier alpha value is -0.0800. The molecule has 2 aliphatic rings. The van der Waals surface area contributed by atoms with E-state index in [2.05, 4.69) is 15.2 Å². The highest BCUT2D eigenvalue weighted by Crippen LogP contribution is 2.27. The van der Waals surface area contributed by atoms with Crippen LogP contribution in [0.2, 0.25) is 0 Å². The smallest absolute Gasteiger partial charge is 0.193 e. The highest BCUT2D eigenvalue weighted by atomic mass is 127. The van der Waals surface area contributed by atoms with Crippen molar-refractivity contribution in [3.05, 3.63) is 0 Å². The molecule has 1 saturated carbocycles. The summed E-state index contributed by atoms with van der Waals surface area (Å²) in [7, 11) is 1.78. The topological polar surface area (TPSA) is 68.1 Å². The summed E-state index contributed by atoms with van der Waals surface area (Å²) >= 11 is 0. The third-order valence-corrected chi connectivity index (χ3v) is 4.34. The Balaban J connectivity index is 0.00000200. The van der Waals surface area contributed by atoms with Crippen molar-refractivity contribution in [3.8, 4) is 0 Å². The van der Waals surface area contributed by atoms with E-state index in [0.29, 0.717) is 6.54 Å². The van der Waals surface area contributed by atoms with Crippen LogP contribution in [0.25, 0.3) is 0 Å². The van der Waals surface area contributed by atoms with Crippen molar-refractivity contribution >= 4 is 29.9 Å². The van der Waals surface area contributed by atoms with Gasteiger partial charge < -0.3 is 20.4 Å². The standard InChI is InChI=1S/C14H27N3O2.HI/c1-15-13(17-9-5-12(18)6-10-17)16-11-14(19)7-3-2-4-8-14;/h12,18-19H,2-11H2,1H3,(H,15,16);1H. The van der Waals surface area contributed by atoms with E-state index in [0.717, 1.165) is 57.6 Å². The van der Waals surface area contributed by atoms with Crippen molar-refractivity contribution in [2.75, 3.05) is 26.7 Å². The lowest BCUT2D eigenvalue weighted by molar-refractivity contribution is 0.00778. The number of likely N-dealkylation sites (tertiary alicyclic amines) is 1. The molecule has 0 aromatic heterocycles. The molecular formula is C14H28IN3O2. The minimum atomic E-state index is -0.566. The second-order valence-electron chi connectivity index (χ2n) is 5.90. The predicted octanol–water partition coefficient (Wildman–Crippen LogP) is 1.33. The van der Waals surface area contributed by atoms with Gasteiger partial charge in [0.05, 0.1) is 11.7 Å². The van der Waals surface area contributed by atoms with Gasteiger partial charge in [0.15, 0.2) is 5.96 Å². The fourth-order valence-corrected chi connectivity index (χ4v) is 3.04. The Morgan fingerprint density at radius 1 is 1.25 bits per heavy atom. The lowest BCUT2D eigenvalue weighted by Crippen LogP contribution is -2.51. The third-order valence-electron chi connectivity index (χ3n) is 4.34. The van der Waals surface area contributed by atoms with Crippen LogP contribution in [0.3, 0.4) is 0 Å². The molecule has 118 valence electrons. The first-order valence-corrected chi connectivity index (χ1v) is 7.49. The van der Waals surface area contributed by atoms with Gasteiger partial charge in [0.25, 0.3) is 0 Å². The lowest BCUT2D eigenvalue weighted by Gasteiger charge is -2.36. The molecule has 0 bridgehead atoms. The minimum absolute atomic E-state index is 0. The zero-order valence-electron chi connectivity index (χ0n) is 12.3. The number of rotatable bonds is 2. The van der Waals surface area contributed by atoms with E-state index in [4.69, 9.17) is 0 Å². The quantitative estimate of drug-likeness (QED) is 0.374. The first kappa shape index (κ1) is 18.0. The Kier molecular flexibility index (Phi) is 7.53. The van der Waals surface area contributed by atoms with Gasteiger partial charge in [-0.25, -0.2) is 0 Å². The van der Waals surface area contributed by atoms with Crippen molar-refractivity contribution in [2.45, 2.75) is 56.7 Å². The molecule has 2 rings (SSSR count). The van der Waals surface area contributed by atoms with E-state index in [1.807, 2.05) is 0 Å². The van der Waals surface area contributed by atoms with Crippen molar-refractivity contribution in [3.63, 3.8) is 0 Å². The molecule has 1 aliphatic heterocycles. The van der Waals surface area contributed by atoms with Gasteiger partial charge in [0.1, 0.15) is 0 Å². The number of aliphatic hydroxyl groups is 2. The molecule has 6 heteroatoms. The van der Waals surface area contributed by atoms with E-state index in [-0.39, 0.29) is 30.1 Å². The largest absolute Gasteiger partial charge is 0.393 e. The molecule has 0 amide bonds. The van der Waals surface area contributed by atoms with Crippen LogP contribution in [-0.2, 0) is 0 Å². The molecular weight excluding hydrogens is 369 g/mol. The van der Waals surface area contributed by atoms with E-state index in [1.165, 1.54) is 6.42 Å². The summed E-state index contributed by atoms with van der Waals surface area (Å²) in [5, 5.41) is 23.3. The molecule has 0 radical (unpaired) electrons. The molecule has 0 spiro atoms. The Bertz CT molecular complexity index is 312. The molecule has 0 aromatic carbocycles. The zero-order valence-corrected chi connectivity index (χ0v) is 14.7. The van der Waals surface area contributed by atoms with Gasteiger partial charge in [-0.2, -0.15) is 0 Å². The highest BCUT2D eigenvalue weighted by Gasteiger charge is 2.30. The van der Waals surface area contributed by atoms with Crippen LogP contribution in [0.15, 0.2) is 4.99 Å². The molecule has 0 aromatic rings. The molecule has 1 aliphatic carbocycles.